The number of rotatable bonds is 2. The summed E-state index contributed by atoms with van der Waals surface area (Å²) in [5.74, 6) is 1.60. The fraction of sp³-hybridized carbons (Fsp3) is 0.333. The van der Waals surface area contributed by atoms with Crippen LogP contribution in [0.3, 0.4) is 0 Å². The Balaban J connectivity index is 1.92. The molecule has 0 spiro atoms. The van der Waals surface area contributed by atoms with E-state index in [1.54, 1.807) is 18.5 Å². The van der Waals surface area contributed by atoms with Crippen molar-refractivity contribution < 1.29 is 12.8 Å². The second-order valence-electron chi connectivity index (χ2n) is 5.56. The van der Waals surface area contributed by atoms with Crippen molar-refractivity contribution in [2.75, 3.05) is 11.5 Å². The predicted octanol–water partition coefficient (Wildman–Crippen LogP) is 2.31. The Labute approximate surface area is 127 Å². The van der Waals surface area contributed by atoms with Crippen molar-refractivity contribution in [1.29, 1.82) is 0 Å². The van der Waals surface area contributed by atoms with E-state index in [1.807, 2.05) is 22.8 Å². The highest BCUT2D eigenvalue weighted by atomic mass is 32.2. The molecule has 4 heterocycles. The molecular formula is C15H15N3O3S. The number of pyridine rings is 1. The van der Waals surface area contributed by atoms with Crippen LogP contribution >= 0.6 is 0 Å². The molecule has 0 radical (unpaired) electrons. The number of sulfone groups is 1. The predicted molar refractivity (Wildman–Crippen MR) is 81.8 cm³/mol. The molecule has 0 aliphatic carbocycles. The first-order valence-corrected chi connectivity index (χ1v) is 9.04. The molecule has 3 aromatic heterocycles. The van der Waals surface area contributed by atoms with Gasteiger partial charge in [0.1, 0.15) is 11.3 Å². The summed E-state index contributed by atoms with van der Waals surface area (Å²) < 4.78 is 31.3. The lowest BCUT2D eigenvalue weighted by Gasteiger charge is -2.21. The highest BCUT2D eigenvalue weighted by molar-refractivity contribution is 7.91. The molecule has 22 heavy (non-hydrogen) atoms. The van der Waals surface area contributed by atoms with Gasteiger partial charge in [0.05, 0.1) is 17.8 Å². The Kier molecular flexibility index (Phi) is 3.04. The SMILES string of the molecule is O=S1(=O)CCCC(c2nc3cccnc3n2-c2ccco2)C1. The van der Waals surface area contributed by atoms with Crippen molar-refractivity contribution in [2.45, 2.75) is 18.8 Å². The highest BCUT2D eigenvalue weighted by Gasteiger charge is 2.31. The Morgan fingerprint density at radius 2 is 2.18 bits per heavy atom. The van der Waals surface area contributed by atoms with Crippen molar-refractivity contribution in [3.63, 3.8) is 0 Å². The fourth-order valence-electron chi connectivity index (χ4n) is 3.04. The molecule has 1 atom stereocenters. The van der Waals surface area contributed by atoms with Crippen LogP contribution in [0.4, 0.5) is 0 Å². The smallest absolute Gasteiger partial charge is 0.206 e. The normalized spacial score (nSPS) is 21.2. The zero-order valence-corrected chi connectivity index (χ0v) is 12.7. The van der Waals surface area contributed by atoms with Gasteiger partial charge in [-0.15, -0.1) is 0 Å². The largest absolute Gasteiger partial charge is 0.448 e. The minimum absolute atomic E-state index is 0.127. The van der Waals surface area contributed by atoms with Crippen molar-refractivity contribution in [3.8, 4) is 5.88 Å². The molecule has 6 nitrogen and oxygen atoms in total. The summed E-state index contributed by atoms with van der Waals surface area (Å²) in [6.45, 7) is 0. The van der Waals surface area contributed by atoms with Crippen LogP contribution in [0, 0.1) is 0 Å². The molecule has 1 aliphatic heterocycles. The highest BCUT2D eigenvalue weighted by Crippen LogP contribution is 2.31. The van der Waals surface area contributed by atoms with Crippen molar-refractivity contribution in [1.82, 2.24) is 14.5 Å². The molecule has 114 valence electrons. The topological polar surface area (TPSA) is 78.0 Å². The number of furan rings is 1. The van der Waals surface area contributed by atoms with Crippen LogP contribution in [0.1, 0.15) is 24.6 Å². The summed E-state index contributed by atoms with van der Waals surface area (Å²) >= 11 is 0. The van der Waals surface area contributed by atoms with E-state index in [4.69, 9.17) is 4.42 Å². The lowest BCUT2D eigenvalue weighted by Crippen LogP contribution is -2.25. The van der Waals surface area contributed by atoms with Crippen molar-refractivity contribution in [3.05, 3.63) is 42.5 Å². The third-order valence-corrected chi connectivity index (χ3v) is 5.82. The molecule has 0 saturated carbocycles. The standard InChI is InChI=1S/C15H15N3O3S/c19-22(20)9-3-4-11(10-22)14-17-12-5-1-7-16-15(12)18(14)13-6-2-8-21-13/h1-2,5-8,11H,3-4,9-10H2. The van der Waals surface area contributed by atoms with Gasteiger partial charge in [-0.25, -0.2) is 23.0 Å². The fourth-order valence-corrected chi connectivity index (χ4v) is 4.75. The molecular weight excluding hydrogens is 302 g/mol. The second kappa shape index (κ2) is 4.95. The third-order valence-electron chi connectivity index (χ3n) is 4.00. The Bertz CT molecular complexity index is 913. The molecule has 1 unspecified atom stereocenters. The first-order valence-electron chi connectivity index (χ1n) is 7.22. The van der Waals surface area contributed by atoms with Crippen LogP contribution < -0.4 is 0 Å². The van der Waals surface area contributed by atoms with Crippen molar-refractivity contribution in [2.24, 2.45) is 0 Å². The minimum atomic E-state index is -3.01. The van der Waals surface area contributed by atoms with Crippen LogP contribution in [0.5, 0.6) is 0 Å². The lowest BCUT2D eigenvalue weighted by molar-refractivity contribution is 0.510. The van der Waals surface area contributed by atoms with Gasteiger partial charge in [-0.05, 0) is 31.0 Å². The van der Waals surface area contributed by atoms with Crippen LogP contribution in [0.15, 0.2) is 41.1 Å². The summed E-state index contributed by atoms with van der Waals surface area (Å²) in [6.07, 6.45) is 4.77. The Hall–Kier alpha value is -2.15. The van der Waals surface area contributed by atoms with Gasteiger partial charge in [-0.3, -0.25) is 0 Å². The summed E-state index contributed by atoms with van der Waals surface area (Å²) in [5.41, 5.74) is 1.44. The summed E-state index contributed by atoms with van der Waals surface area (Å²) in [6, 6.07) is 7.33. The average molecular weight is 317 g/mol. The van der Waals surface area contributed by atoms with E-state index < -0.39 is 9.84 Å². The second-order valence-corrected chi connectivity index (χ2v) is 7.79. The van der Waals surface area contributed by atoms with Gasteiger partial charge in [0, 0.05) is 18.2 Å². The van der Waals surface area contributed by atoms with Gasteiger partial charge >= 0.3 is 0 Å². The molecule has 0 aromatic carbocycles. The molecule has 1 fully saturated rings. The van der Waals surface area contributed by atoms with Crippen molar-refractivity contribution >= 4 is 21.0 Å². The molecule has 7 heteroatoms. The first-order chi connectivity index (χ1) is 10.6. The van der Waals surface area contributed by atoms with E-state index in [-0.39, 0.29) is 17.4 Å². The summed E-state index contributed by atoms with van der Waals surface area (Å²) in [4.78, 5) is 9.01. The van der Waals surface area contributed by atoms with E-state index in [0.717, 1.165) is 11.9 Å². The quantitative estimate of drug-likeness (QED) is 0.725. The monoisotopic (exact) mass is 317 g/mol. The molecule has 1 saturated heterocycles. The number of hydrogen-bond acceptors (Lipinski definition) is 5. The van der Waals surface area contributed by atoms with E-state index in [1.165, 1.54) is 0 Å². The first kappa shape index (κ1) is 13.5. The van der Waals surface area contributed by atoms with Gasteiger partial charge in [-0.1, -0.05) is 0 Å². The van der Waals surface area contributed by atoms with Gasteiger partial charge in [0.25, 0.3) is 0 Å². The number of fused-ring (bicyclic) bond motifs is 1. The molecule has 0 bridgehead atoms. The van der Waals surface area contributed by atoms with E-state index in [2.05, 4.69) is 9.97 Å². The van der Waals surface area contributed by atoms with Crippen LogP contribution in [-0.2, 0) is 9.84 Å². The zero-order valence-electron chi connectivity index (χ0n) is 11.8. The number of imidazole rings is 1. The Morgan fingerprint density at radius 1 is 1.27 bits per heavy atom. The number of hydrogen-bond donors (Lipinski definition) is 0. The maximum atomic E-state index is 12.0. The lowest BCUT2D eigenvalue weighted by atomic mass is 10.0. The van der Waals surface area contributed by atoms with Gasteiger partial charge in [0.15, 0.2) is 15.5 Å². The molecule has 0 N–H and O–H groups in total. The average Bonchev–Trinajstić information content (AvgIpc) is 3.12. The number of nitrogens with zero attached hydrogens (tertiary/aromatic N) is 3. The number of aromatic nitrogens is 3. The molecule has 1 aliphatic rings. The summed E-state index contributed by atoms with van der Waals surface area (Å²) in [5, 5.41) is 0. The Morgan fingerprint density at radius 3 is 2.95 bits per heavy atom. The maximum absolute atomic E-state index is 12.0. The summed E-state index contributed by atoms with van der Waals surface area (Å²) in [7, 11) is -3.01. The van der Waals surface area contributed by atoms with Gasteiger partial charge < -0.3 is 4.42 Å². The maximum Gasteiger partial charge on any atom is 0.206 e. The van der Waals surface area contributed by atoms with Crippen LogP contribution in [0.25, 0.3) is 17.0 Å². The minimum Gasteiger partial charge on any atom is -0.448 e. The third kappa shape index (κ3) is 2.21. The van der Waals surface area contributed by atoms with E-state index >= 15 is 0 Å². The van der Waals surface area contributed by atoms with Gasteiger partial charge in [0.2, 0.25) is 5.88 Å². The molecule has 0 amide bonds. The van der Waals surface area contributed by atoms with E-state index in [9.17, 15) is 8.42 Å². The van der Waals surface area contributed by atoms with Crippen LogP contribution in [-0.4, -0.2) is 34.5 Å². The molecule has 3 aromatic rings. The zero-order chi connectivity index (χ0) is 15.2. The van der Waals surface area contributed by atoms with E-state index in [0.29, 0.717) is 23.8 Å². The van der Waals surface area contributed by atoms with Gasteiger partial charge in [-0.2, -0.15) is 0 Å². The molecule has 4 rings (SSSR count). The van der Waals surface area contributed by atoms with Crippen LogP contribution in [0.2, 0.25) is 0 Å².